The van der Waals surface area contributed by atoms with Crippen molar-refractivity contribution in [2.75, 3.05) is 19.6 Å². The third-order valence-corrected chi connectivity index (χ3v) is 5.37. The van der Waals surface area contributed by atoms with Crippen LogP contribution in [-0.4, -0.2) is 44.1 Å². The van der Waals surface area contributed by atoms with Gasteiger partial charge >= 0.3 is 0 Å². The summed E-state index contributed by atoms with van der Waals surface area (Å²) in [4.78, 5) is 2.46. The lowest BCUT2D eigenvalue weighted by Gasteiger charge is -2.23. The fraction of sp³-hybridized carbons (Fsp3) is 0.571. The van der Waals surface area contributed by atoms with Gasteiger partial charge in [0.2, 0.25) is 10.0 Å². The van der Waals surface area contributed by atoms with Gasteiger partial charge in [0.05, 0.1) is 11.5 Å². The van der Waals surface area contributed by atoms with Gasteiger partial charge in [0.25, 0.3) is 0 Å². The van der Waals surface area contributed by atoms with Gasteiger partial charge in [-0.05, 0) is 37.6 Å². The molecule has 0 bridgehead atoms. The fourth-order valence-corrected chi connectivity index (χ4v) is 4.03. The highest BCUT2D eigenvalue weighted by atomic mass is 32.2. The van der Waals surface area contributed by atoms with Gasteiger partial charge in [-0.2, -0.15) is 0 Å². The van der Waals surface area contributed by atoms with E-state index in [9.17, 15) is 13.5 Å². The van der Waals surface area contributed by atoms with E-state index in [1.54, 1.807) is 18.2 Å². The van der Waals surface area contributed by atoms with Gasteiger partial charge < -0.3 is 5.11 Å². The number of hydrogen-bond donors (Lipinski definition) is 2. The van der Waals surface area contributed by atoms with Crippen LogP contribution >= 0.6 is 0 Å². The zero-order valence-corrected chi connectivity index (χ0v) is 12.6. The topological polar surface area (TPSA) is 69.6 Å². The molecule has 1 unspecified atom stereocenters. The SMILES string of the molecule is CCN1CCCC1CNS(=O)(=O)c1ccccc1CO. The van der Waals surface area contributed by atoms with Crippen LogP contribution in [0.5, 0.6) is 0 Å². The van der Waals surface area contributed by atoms with E-state index in [1.807, 2.05) is 0 Å². The van der Waals surface area contributed by atoms with Gasteiger partial charge in [-0.1, -0.05) is 25.1 Å². The summed E-state index contributed by atoms with van der Waals surface area (Å²) in [5.41, 5.74) is 0.429. The van der Waals surface area contributed by atoms with Crippen molar-refractivity contribution >= 4 is 10.0 Å². The van der Waals surface area contributed by atoms with Crippen LogP contribution in [0.25, 0.3) is 0 Å². The molecule has 1 fully saturated rings. The molecule has 1 aliphatic heterocycles. The largest absolute Gasteiger partial charge is 0.392 e. The van der Waals surface area contributed by atoms with Crippen LogP contribution in [0.2, 0.25) is 0 Å². The number of sulfonamides is 1. The Bertz CT molecular complexity index is 545. The molecule has 0 aliphatic carbocycles. The highest BCUT2D eigenvalue weighted by Gasteiger charge is 2.25. The van der Waals surface area contributed by atoms with Crippen molar-refractivity contribution in [2.45, 2.75) is 37.3 Å². The third-order valence-electron chi connectivity index (χ3n) is 3.85. The minimum Gasteiger partial charge on any atom is -0.392 e. The predicted octanol–water partition coefficient (Wildman–Crippen LogP) is 0.941. The van der Waals surface area contributed by atoms with Crippen molar-refractivity contribution in [1.29, 1.82) is 0 Å². The summed E-state index contributed by atoms with van der Waals surface area (Å²) >= 11 is 0. The van der Waals surface area contributed by atoms with E-state index in [1.165, 1.54) is 6.07 Å². The summed E-state index contributed by atoms with van der Waals surface area (Å²) in [5.74, 6) is 0. The molecule has 0 saturated carbocycles. The van der Waals surface area contributed by atoms with E-state index < -0.39 is 10.0 Å². The molecule has 1 aliphatic rings. The number of likely N-dealkylation sites (tertiary alicyclic amines) is 1. The Kier molecular flexibility index (Phi) is 5.15. The Morgan fingerprint density at radius 3 is 2.85 bits per heavy atom. The van der Waals surface area contributed by atoms with Gasteiger partial charge in [-0.15, -0.1) is 0 Å². The van der Waals surface area contributed by atoms with E-state index in [4.69, 9.17) is 0 Å². The van der Waals surface area contributed by atoms with Crippen molar-refractivity contribution in [3.05, 3.63) is 29.8 Å². The molecule has 5 nitrogen and oxygen atoms in total. The lowest BCUT2D eigenvalue weighted by atomic mass is 10.2. The number of hydrogen-bond acceptors (Lipinski definition) is 4. The molecular weight excluding hydrogens is 276 g/mol. The summed E-state index contributed by atoms with van der Waals surface area (Å²) in [6.45, 7) is 4.22. The maximum absolute atomic E-state index is 12.3. The predicted molar refractivity (Wildman–Crippen MR) is 77.8 cm³/mol. The number of nitrogens with one attached hydrogen (secondary N) is 1. The molecule has 0 radical (unpaired) electrons. The Morgan fingerprint density at radius 2 is 2.15 bits per heavy atom. The molecule has 20 heavy (non-hydrogen) atoms. The smallest absolute Gasteiger partial charge is 0.240 e. The monoisotopic (exact) mass is 298 g/mol. The molecule has 1 aromatic rings. The van der Waals surface area contributed by atoms with Gasteiger partial charge in [-0.3, -0.25) is 4.90 Å². The summed E-state index contributed by atoms with van der Waals surface area (Å²) in [6, 6.07) is 6.82. The van der Waals surface area contributed by atoms with Crippen LogP contribution in [0, 0.1) is 0 Å². The average Bonchev–Trinajstić information content (AvgIpc) is 2.92. The molecule has 2 N–H and O–H groups in total. The average molecular weight is 298 g/mol. The second-order valence-corrected chi connectivity index (χ2v) is 6.78. The van der Waals surface area contributed by atoms with Crippen LogP contribution in [-0.2, 0) is 16.6 Å². The summed E-state index contributed by atoms with van der Waals surface area (Å²) in [5, 5.41) is 9.24. The Hall–Kier alpha value is -0.950. The van der Waals surface area contributed by atoms with Crippen LogP contribution in [0.1, 0.15) is 25.3 Å². The second-order valence-electron chi connectivity index (χ2n) is 5.04. The zero-order chi connectivity index (χ0) is 14.6. The molecule has 0 aromatic heterocycles. The van der Waals surface area contributed by atoms with Crippen LogP contribution in [0.15, 0.2) is 29.2 Å². The van der Waals surface area contributed by atoms with Crippen molar-refractivity contribution in [3.8, 4) is 0 Å². The van der Waals surface area contributed by atoms with Crippen LogP contribution in [0.3, 0.4) is 0 Å². The molecule has 2 rings (SSSR count). The first kappa shape index (κ1) is 15.4. The van der Waals surface area contributed by atoms with Crippen molar-refractivity contribution in [3.63, 3.8) is 0 Å². The fourth-order valence-electron chi connectivity index (χ4n) is 2.72. The van der Waals surface area contributed by atoms with Gasteiger partial charge in [0.1, 0.15) is 0 Å². The lowest BCUT2D eigenvalue weighted by Crippen LogP contribution is -2.40. The van der Waals surface area contributed by atoms with Gasteiger partial charge in [-0.25, -0.2) is 13.1 Å². The number of likely N-dealkylation sites (N-methyl/N-ethyl adjacent to an activating group) is 1. The summed E-state index contributed by atoms with van der Waals surface area (Å²) in [7, 11) is -3.56. The second kappa shape index (κ2) is 6.67. The lowest BCUT2D eigenvalue weighted by molar-refractivity contribution is 0.267. The normalized spacial score (nSPS) is 20.4. The number of aliphatic hydroxyl groups excluding tert-OH is 1. The molecule has 1 atom stereocenters. The Balaban J connectivity index is 2.08. The molecule has 6 heteroatoms. The third kappa shape index (κ3) is 3.38. The zero-order valence-electron chi connectivity index (χ0n) is 11.7. The van der Waals surface area contributed by atoms with E-state index >= 15 is 0 Å². The van der Waals surface area contributed by atoms with Gasteiger partial charge in [0, 0.05) is 12.6 Å². The molecule has 1 heterocycles. The van der Waals surface area contributed by atoms with E-state index in [2.05, 4.69) is 16.5 Å². The minimum atomic E-state index is -3.56. The highest BCUT2D eigenvalue weighted by Crippen LogP contribution is 2.18. The highest BCUT2D eigenvalue weighted by molar-refractivity contribution is 7.89. The first-order valence-corrected chi connectivity index (χ1v) is 8.49. The molecule has 0 spiro atoms. The van der Waals surface area contributed by atoms with Crippen molar-refractivity contribution in [2.24, 2.45) is 0 Å². The van der Waals surface area contributed by atoms with Crippen LogP contribution in [0.4, 0.5) is 0 Å². The maximum atomic E-state index is 12.3. The number of nitrogens with zero attached hydrogens (tertiary/aromatic N) is 1. The molecular formula is C14H22N2O3S. The summed E-state index contributed by atoms with van der Waals surface area (Å²) in [6.07, 6.45) is 2.14. The van der Waals surface area contributed by atoms with Crippen molar-refractivity contribution < 1.29 is 13.5 Å². The van der Waals surface area contributed by atoms with Crippen molar-refractivity contribution in [1.82, 2.24) is 9.62 Å². The quantitative estimate of drug-likeness (QED) is 0.820. The van der Waals surface area contributed by atoms with Crippen LogP contribution < -0.4 is 4.72 Å². The first-order chi connectivity index (χ1) is 9.58. The van der Waals surface area contributed by atoms with E-state index in [0.29, 0.717) is 12.1 Å². The minimum absolute atomic E-state index is 0.170. The summed E-state index contributed by atoms with van der Waals surface area (Å²) < 4.78 is 27.3. The van der Waals surface area contributed by atoms with E-state index in [-0.39, 0.29) is 17.5 Å². The number of aliphatic hydroxyl groups is 1. The van der Waals surface area contributed by atoms with Gasteiger partial charge in [0.15, 0.2) is 0 Å². The number of rotatable bonds is 6. The van der Waals surface area contributed by atoms with E-state index in [0.717, 1.165) is 25.9 Å². The Labute approximate surface area is 120 Å². The first-order valence-electron chi connectivity index (χ1n) is 7.01. The molecule has 1 aromatic carbocycles. The Morgan fingerprint density at radius 1 is 1.40 bits per heavy atom. The molecule has 112 valence electrons. The number of benzene rings is 1. The maximum Gasteiger partial charge on any atom is 0.240 e. The standard InChI is InChI=1S/C14H22N2O3S/c1-2-16-9-5-7-13(16)10-15-20(18,19)14-8-4-3-6-12(14)11-17/h3-4,6,8,13,15,17H,2,5,7,9-11H2,1H3. The molecule has 1 saturated heterocycles. The molecule has 0 amide bonds.